The van der Waals surface area contributed by atoms with E-state index in [1.165, 1.54) is 33.8 Å². The highest BCUT2D eigenvalue weighted by molar-refractivity contribution is 7.99. The van der Waals surface area contributed by atoms with E-state index < -0.39 is 0 Å². The number of rotatable bonds is 5. The molecule has 0 saturated carbocycles. The Kier molecular flexibility index (Phi) is 4.67. The fraction of sp³-hybridized carbons (Fsp3) is 0.368. The summed E-state index contributed by atoms with van der Waals surface area (Å²) in [5.74, 6) is 1.74. The smallest absolute Gasteiger partial charge is 0.0400 e. The molecule has 0 saturated heterocycles. The van der Waals surface area contributed by atoms with E-state index in [1.54, 1.807) is 0 Å². The van der Waals surface area contributed by atoms with Gasteiger partial charge in [-0.1, -0.05) is 49.4 Å². The Labute approximate surface area is 132 Å². The van der Waals surface area contributed by atoms with Gasteiger partial charge in [-0.25, -0.2) is 0 Å². The molecule has 1 N–H and O–H groups in total. The fourth-order valence-corrected chi connectivity index (χ4v) is 4.46. The van der Waals surface area contributed by atoms with Crippen LogP contribution >= 0.6 is 11.8 Å². The van der Waals surface area contributed by atoms with Crippen LogP contribution in [0.2, 0.25) is 0 Å². The zero-order valence-electron chi connectivity index (χ0n) is 12.8. The number of nitrogens with one attached hydrogen (secondary N) is 1. The van der Waals surface area contributed by atoms with Gasteiger partial charge in [0, 0.05) is 22.6 Å². The number of aryl methyl sites for hydroxylation is 1. The Hall–Kier alpha value is -1.25. The first-order valence-electron chi connectivity index (χ1n) is 7.82. The fourth-order valence-electron chi connectivity index (χ4n) is 3.17. The van der Waals surface area contributed by atoms with Gasteiger partial charge in [0.05, 0.1) is 0 Å². The summed E-state index contributed by atoms with van der Waals surface area (Å²) >= 11 is 2.00. The van der Waals surface area contributed by atoms with Crippen LogP contribution in [0.15, 0.2) is 53.4 Å². The lowest BCUT2D eigenvalue weighted by Gasteiger charge is -2.27. The molecule has 0 radical (unpaired) electrons. The highest BCUT2D eigenvalue weighted by Gasteiger charge is 2.31. The minimum Gasteiger partial charge on any atom is -0.309 e. The van der Waals surface area contributed by atoms with Crippen LogP contribution < -0.4 is 5.32 Å². The summed E-state index contributed by atoms with van der Waals surface area (Å²) in [5.41, 5.74) is 4.35. The number of benzene rings is 2. The maximum Gasteiger partial charge on any atom is 0.0400 e. The lowest BCUT2D eigenvalue weighted by atomic mass is 9.86. The van der Waals surface area contributed by atoms with E-state index >= 15 is 0 Å². The van der Waals surface area contributed by atoms with Gasteiger partial charge in [-0.15, -0.1) is 11.8 Å². The van der Waals surface area contributed by atoms with Crippen LogP contribution in [-0.2, 0) is 0 Å². The second-order valence-electron chi connectivity index (χ2n) is 5.74. The quantitative estimate of drug-likeness (QED) is 0.840. The molecule has 2 aromatic carbocycles. The molecule has 0 amide bonds. The van der Waals surface area contributed by atoms with Crippen LogP contribution in [0, 0.1) is 6.92 Å². The summed E-state index contributed by atoms with van der Waals surface area (Å²) in [6, 6.07) is 18.1. The van der Waals surface area contributed by atoms with E-state index in [2.05, 4.69) is 67.7 Å². The summed E-state index contributed by atoms with van der Waals surface area (Å²) < 4.78 is 0. The second-order valence-corrected chi connectivity index (χ2v) is 6.81. The number of fused-ring (bicyclic) bond motifs is 1. The van der Waals surface area contributed by atoms with Gasteiger partial charge in [-0.2, -0.15) is 0 Å². The van der Waals surface area contributed by atoms with Crippen molar-refractivity contribution in [1.29, 1.82) is 0 Å². The summed E-state index contributed by atoms with van der Waals surface area (Å²) in [5, 5.41) is 3.80. The van der Waals surface area contributed by atoms with Crippen LogP contribution in [-0.4, -0.2) is 12.3 Å². The molecular weight excluding hydrogens is 274 g/mol. The maximum absolute atomic E-state index is 3.80. The van der Waals surface area contributed by atoms with Crippen LogP contribution in [0.25, 0.3) is 0 Å². The molecule has 0 spiro atoms. The van der Waals surface area contributed by atoms with Crippen LogP contribution in [0.1, 0.15) is 42.0 Å². The lowest BCUT2D eigenvalue weighted by Crippen LogP contribution is -2.28. The topological polar surface area (TPSA) is 12.0 Å². The Morgan fingerprint density at radius 2 is 1.90 bits per heavy atom. The molecule has 1 nitrogen and oxygen atoms in total. The van der Waals surface area contributed by atoms with Gasteiger partial charge in [-0.3, -0.25) is 0 Å². The largest absolute Gasteiger partial charge is 0.309 e. The Balaban J connectivity index is 1.96. The third-order valence-corrected chi connectivity index (χ3v) is 5.49. The average Bonchev–Trinajstić information content (AvgIpc) is 2.93. The van der Waals surface area contributed by atoms with Gasteiger partial charge in [0.25, 0.3) is 0 Å². The molecule has 2 aromatic rings. The highest BCUT2D eigenvalue weighted by atomic mass is 32.2. The monoisotopic (exact) mass is 297 g/mol. The van der Waals surface area contributed by atoms with E-state index in [0.29, 0.717) is 12.0 Å². The van der Waals surface area contributed by atoms with Gasteiger partial charge in [0.15, 0.2) is 0 Å². The predicted octanol–water partition coefficient (Wildman–Crippen LogP) is 4.93. The predicted molar refractivity (Wildman–Crippen MR) is 92.1 cm³/mol. The molecule has 2 heteroatoms. The minimum atomic E-state index is 0.419. The van der Waals surface area contributed by atoms with E-state index in [-0.39, 0.29) is 0 Å². The van der Waals surface area contributed by atoms with Crippen molar-refractivity contribution in [2.75, 3.05) is 12.3 Å². The Morgan fingerprint density at radius 3 is 2.71 bits per heavy atom. The second kappa shape index (κ2) is 6.67. The first kappa shape index (κ1) is 14.7. The maximum atomic E-state index is 3.80. The normalized spacial score (nSPS) is 18.5. The standard InChI is InChI=1S/C19H23NS/c1-3-12-20-19(15-9-5-4-8-14(15)2)17-13-21-18-11-7-6-10-16(17)18/h4-11,17,19-20H,3,12-13H2,1-2H3. The van der Waals surface area contributed by atoms with Gasteiger partial charge >= 0.3 is 0 Å². The van der Waals surface area contributed by atoms with E-state index in [1.807, 2.05) is 11.8 Å². The average molecular weight is 297 g/mol. The molecule has 0 aliphatic carbocycles. The molecule has 110 valence electrons. The molecule has 2 unspecified atom stereocenters. The van der Waals surface area contributed by atoms with Crippen LogP contribution in [0.4, 0.5) is 0 Å². The van der Waals surface area contributed by atoms with Crippen molar-refractivity contribution in [3.05, 3.63) is 65.2 Å². The summed E-state index contributed by atoms with van der Waals surface area (Å²) in [6.45, 7) is 5.53. The third kappa shape index (κ3) is 3.02. The van der Waals surface area contributed by atoms with Gasteiger partial charge in [-0.05, 0) is 42.6 Å². The number of hydrogen-bond donors (Lipinski definition) is 1. The van der Waals surface area contributed by atoms with Gasteiger partial charge in [0.2, 0.25) is 0 Å². The minimum absolute atomic E-state index is 0.419. The Bertz CT molecular complexity index is 608. The molecule has 1 aliphatic rings. The lowest BCUT2D eigenvalue weighted by molar-refractivity contribution is 0.470. The van der Waals surface area contributed by atoms with Crippen molar-refractivity contribution in [3.8, 4) is 0 Å². The zero-order valence-corrected chi connectivity index (χ0v) is 13.6. The molecule has 3 rings (SSSR count). The van der Waals surface area contributed by atoms with Crippen LogP contribution in [0.3, 0.4) is 0 Å². The van der Waals surface area contributed by atoms with Crippen molar-refractivity contribution >= 4 is 11.8 Å². The molecule has 0 bridgehead atoms. The Morgan fingerprint density at radius 1 is 1.14 bits per heavy atom. The highest BCUT2D eigenvalue weighted by Crippen LogP contribution is 2.45. The van der Waals surface area contributed by atoms with Crippen molar-refractivity contribution in [1.82, 2.24) is 5.32 Å². The van der Waals surface area contributed by atoms with E-state index in [4.69, 9.17) is 0 Å². The van der Waals surface area contributed by atoms with Crippen molar-refractivity contribution in [3.63, 3.8) is 0 Å². The zero-order chi connectivity index (χ0) is 14.7. The van der Waals surface area contributed by atoms with Crippen molar-refractivity contribution < 1.29 is 0 Å². The van der Waals surface area contributed by atoms with Crippen LogP contribution in [0.5, 0.6) is 0 Å². The molecule has 0 fully saturated rings. The summed E-state index contributed by atoms with van der Waals surface area (Å²) in [4.78, 5) is 1.46. The third-order valence-electron chi connectivity index (χ3n) is 4.28. The molecule has 2 atom stereocenters. The molecule has 0 aromatic heterocycles. The molecular formula is C19H23NS. The van der Waals surface area contributed by atoms with Crippen molar-refractivity contribution in [2.45, 2.75) is 37.1 Å². The molecule has 1 aliphatic heterocycles. The summed E-state index contributed by atoms with van der Waals surface area (Å²) in [7, 11) is 0. The van der Waals surface area contributed by atoms with E-state index in [9.17, 15) is 0 Å². The molecule has 21 heavy (non-hydrogen) atoms. The summed E-state index contributed by atoms with van der Waals surface area (Å²) in [6.07, 6.45) is 1.17. The number of hydrogen-bond acceptors (Lipinski definition) is 2. The van der Waals surface area contributed by atoms with Gasteiger partial charge < -0.3 is 5.32 Å². The van der Waals surface area contributed by atoms with Gasteiger partial charge in [0.1, 0.15) is 0 Å². The van der Waals surface area contributed by atoms with Crippen molar-refractivity contribution in [2.24, 2.45) is 0 Å². The van der Waals surface area contributed by atoms with E-state index in [0.717, 1.165) is 6.54 Å². The first-order chi connectivity index (χ1) is 10.3. The SMILES string of the molecule is CCCNC(c1ccccc1C)C1CSc2ccccc21. The number of thioether (sulfide) groups is 1. The first-order valence-corrected chi connectivity index (χ1v) is 8.80. The molecule has 1 heterocycles.